The molecule has 1 aromatic rings. The average Bonchev–Trinajstić information content (AvgIpc) is 2.31. The SMILES string of the molecule is CCN(C(=O)C(S)C(C)C)c1ccc(F)cc1. The summed E-state index contributed by atoms with van der Waals surface area (Å²) in [5, 5.41) is -0.333. The predicted molar refractivity (Wildman–Crippen MR) is 72.0 cm³/mol. The Hall–Kier alpha value is -1.03. The van der Waals surface area contributed by atoms with Crippen molar-refractivity contribution in [2.75, 3.05) is 11.4 Å². The second kappa shape index (κ2) is 6.05. The summed E-state index contributed by atoms with van der Waals surface area (Å²) >= 11 is 4.32. The minimum Gasteiger partial charge on any atom is -0.312 e. The lowest BCUT2D eigenvalue weighted by atomic mass is 10.1. The van der Waals surface area contributed by atoms with E-state index in [1.807, 2.05) is 20.8 Å². The fourth-order valence-electron chi connectivity index (χ4n) is 1.53. The quantitative estimate of drug-likeness (QED) is 0.820. The van der Waals surface area contributed by atoms with Crippen LogP contribution in [0.3, 0.4) is 0 Å². The highest BCUT2D eigenvalue weighted by molar-refractivity contribution is 7.81. The van der Waals surface area contributed by atoms with Crippen molar-refractivity contribution >= 4 is 24.2 Å². The molecule has 0 saturated carbocycles. The lowest BCUT2D eigenvalue weighted by molar-refractivity contribution is -0.118. The fourth-order valence-corrected chi connectivity index (χ4v) is 1.67. The number of carbonyl (C=O) groups is 1. The van der Waals surface area contributed by atoms with Gasteiger partial charge in [0.2, 0.25) is 5.91 Å². The molecule has 4 heteroatoms. The number of hydrogen-bond donors (Lipinski definition) is 1. The van der Waals surface area contributed by atoms with Crippen LogP contribution in [0.25, 0.3) is 0 Å². The van der Waals surface area contributed by atoms with Crippen LogP contribution in [-0.2, 0) is 4.79 Å². The van der Waals surface area contributed by atoms with Gasteiger partial charge in [0.15, 0.2) is 0 Å². The molecule has 94 valence electrons. The Labute approximate surface area is 107 Å². The van der Waals surface area contributed by atoms with Crippen LogP contribution >= 0.6 is 12.6 Å². The molecule has 1 amide bonds. The molecule has 2 nitrogen and oxygen atoms in total. The van der Waals surface area contributed by atoms with E-state index in [0.717, 1.165) is 0 Å². The third-order valence-corrected chi connectivity index (χ3v) is 3.42. The van der Waals surface area contributed by atoms with Crippen LogP contribution in [0.5, 0.6) is 0 Å². The van der Waals surface area contributed by atoms with Crippen molar-refractivity contribution in [1.82, 2.24) is 0 Å². The molecule has 0 bridgehead atoms. The second-order valence-corrected chi connectivity index (χ2v) is 4.80. The summed E-state index contributed by atoms with van der Waals surface area (Å²) in [7, 11) is 0. The number of carbonyl (C=O) groups excluding carboxylic acids is 1. The van der Waals surface area contributed by atoms with Gasteiger partial charge in [-0.15, -0.1) is 0 Å². The Morgan fingerprint density at radius 3 is 2.29 bits per heavy atom. The number of halogens is 1. The van der Waals surface area contributed by atoms with E-state index in [1.165, 1.54) is 12.1 Å². The molecule has 0 saturated heterocycles. The minimum absolute atomic E-state index is 0.0440. The van der Waals surface area contributed by atoms with Gasteiger partial charge < -0.3 is 4.90 Å². The van der Waals surface area contributed by atoms with Crippen LogP contribution < -0.4 is 4.90 Å². The highest BCUT2D eigenvalue weighted by Crippen LogP contribution is 2.19. The van der Waals surface area contributed by atoms with Gasteiger partial charge in [-0.3, -0.25) is 4.79 Å². The number of thiol groups is 1. The molecule has 0 N–H and O–H groups in total. The van der Waals surface area contributed by atoms with Gasteiger partial charge in [0.25, 0.3) is 0 Å². The van der Waals surface area contributed by atoms with Crippen LogP contribution in [0.2, 0.25) is 0 Å². The monoisotopic (exact) mass is 255 g/mol. The summed E-state index contributed by atoms with van der Waals surface area (Å²) in [5.41, 5.74) is 0.707. The Kier molecular flexibility index (Phi) is 5.00. The summed E-state index contributed by atoms with van der Waals surface area (Å²) in [6, 6.07) is 5.93. The lowest BCUT2D eigenvalue weighted by Gasteiger charge is -2.25. The van der Waals surface area contributed by atoms with E-state index < -0.39 is 0 Å². The molecule has 0 aliphatic heterocycles. The molecule has 0 aliphatic rings. The van der Waals surface area contributed by atoms with Crippen LogP contribution in [0.4, 0.5) is 10.1 Å². The first-order valence-corrected chi connectivity index (χ1v) is 6.24. The van der Waals surface area contributed by atoms with E-state index in [9.17, 15) is 9.18 Å². The smallest absolute Gasteiger partial charge is 0.240 e. The zero-order chi connectivity index (χ0) is 13.0. The molecule has 0 spiro atoms. The number of anilines is 1. The summed E-state index contributed by atoms with van der Waals surface area (Å²) in [6.45, 7) is 6.35. The molecule has 17 heavy (non-hydrogen) atoms. The maximum Gasteiger partial charge on any atom is 0.240 e. The summed E-state index contributed by atoms with van der Waals surface area (Å²) in [5.74, 6) is -0.179. The minimum atomic E-state index is -0.333. The first kappa shape index (κ1) is 14.0. The van der Waals surface area contributed by atoms with Crippen LogP contribution in [0, 0.1) is 11.7 Å². The van der Waals surface area contributed by atoms with Crippen molar-refractivity contribution in [1.29, 1.82) is 0 Å². The first-order chi connectivity index (χ1) is 7.97. The topological polar surface area (TPSA) is 20.3 Å². The summed E-state index contributed by atoms with van der Waals surface area (Å²) < 4.78 is 12.8. The van der Waals surface area contributed by atoms with Crippen molar-refractivity contribution in [3.63, 3.8) is 0 Å². The van der Waals surface area contributed by atoms with Gasteiger partial charge in [-0.25, -0.2) is 4.39 Å². The van der Waals surface area contributed by atoms with Gasteiger partial charge in [0, 0.05) is 12.2 Å². The van der Waals surface area contributed by atoms with Gasteiger partial charge in [-0.1, -0.05) is 13.8 Å². The Morgan fingerprint density at radius 2 is 1.88 bits per heavy atom. The Balaban J connectivity index is 2.91. The maximum absolute atomic E-state index is 12.8. The second-order valence-electron chi connectivity index (χ2n) is 4.25. The first-order valence-electron chi connectivity index (χ1n) is 5.72. The standard InChI is InChI=1S/C13H18FNOS/c1-4-15(13(16)12(17)9(2)3)11-7-5-10(14)6-8-11/h5-9,12,17H,4H2,1-3H3. The molecular weight excluding hydrogens is 237 g/mol. The van der Waals surface area contributed by atoms with E-state index in [0.29, 0.717) is 12.2 Å². The highest BCUT2D eigenvalue weighted by atomic mass is 32.1. The maximum atomic E-state index is 12.8. The van der Waals surface area contributed by atoms with Crippen LogP contribution in [0.15, 0.2) is 24.3 Å². The predicted octanol–water partition coefficient (Wildman–Crippen LogP) is 3.13. The summed E-state index contributed by atoms with van der Waals surface area (Å²) in [6.07, 6.45) is 0. The molecule has 0 fully saturated rings. The summed E-state index contributed by atoms with van der Waals surface area (Å²) in [4.78, 5) is 13.8. The average molecular weight is 255 g/mol. The van der Waals surface area contributed by atoms with Crippen molar-refractivity contribution in [2.24, 2.45) is 5.92 Å². The van der Waals surface area contributed by atoms with Gasteiger partial charge >= 0.3 is 0 Å². The van der Waals surface area contributed by atoms with Crippen molar-refractivity contribution in [3.05, 3.63) is 30.1 Å². The van der Waals surface area contributed by atoms with Crippen molar-refractivity contribution in [2.45, 2.75) is 26.0 Å². The van der Waals surface area contributed by atoms with Crippen LogP contribution in [-0.4, -0.2) is 17.7 Å². The van der Waals surface area contributed by atoms with Gasteiger partial charge in [-0.05, 0) is 37.1 Å². The normalized spacial score (nSPS) is 12.6. The van der Waals surface area contributed by atoms with E-state index in [1.54, 1.807) is 17.0 Å². The van der Waals surface area contributed by atoms with E-state index in [-0.39, 0.29) is 22.9 Å². The molecule has 1 unspecified atom stereocenters. The largest absolute Gasteiger partial charge is 0.312 e. The Morgan fingerprint density at radius 1 is 1.35 bits per heavy atom. The molecule has 1 atom stereocenters. The number of nitrogens with zero attached hydrogens (tertiary/aromatic N) is 1. The number of amides is 1. The molecule has 0 radical (unpaired) electrons. The molecule has 0 aliphatic carbocycles. The van der Waals surface area contributed by atoms with E-state index in [4.69, 9.17) is 0 Å². The van der Waals surface area contributed by atoms with Crippen molar-refractivity contribution < 1.29 is 9.18 Å². The van der Waals surface area contributed by atoms with Gasteiger partial charge in [0.1, 0.15) is 5.82 Å². The van der Waals surface area contributed by atoms with Gasteiger partial charge in [0.05, 0.1) is 5.25 Å². The lowest BCUT2D eigenvalue weighted by Crippen LogP contribution is -2.39. The molecular formula is C13H18FNOS. The third kappa shape index (κ3) is 3.46. The zero-order valence-electron chi connectivity index (χ0n) is 10.4. The number of hydrogen-bond acceptors (Lipinski definition) is 2. The van der Waals surface area contributed by atoms with Crippen molar-refractivity contribution in [3.8, 4) is 0 Å². The Bertz CT molecular complexity index is 378. The number of rotatable bonds is 4. The molecule has 1 rings (SSSR count). The molecule has 0 aromatic heterocycles. The van der Waals surface area contributed by atoms with Crippen LogP contribution in [0.1, 0.15) is 20.8 Å². The molecule has 1 aromatic carbocycles. The fraction of sp³-hybridized carbons (Fsp3) is 0.462. The van der Waals surface area contributed by atoms with E-state index >= 15 is 0 Å². The molecule has 0 heterocycles. The third-order valence-electron chi connectivity index (χ3n) is 2.61. The highest BCUT2D eigenvalue weighted by Gasteiger charge is 2.23. The number of benzene rings is 1. The van der Waals surface area contributed by atoms with Gasteiger partial charge in [-0.2, -0.15) is 12.6 Å². The van der Waals surface area contributed by atoms with E-state index in [2.05, 4.69) is 12.6 Å². The zero-order valence-corrected chi connectivity index (χ0v) is 11.2.